The summed E-state index contributed by atoms with van der Waals surface area (Å²) in [6.07, 6.45) is 0. The number of hydrogen-bond acceptors (Lipinski definition) is 6. The van der Waals surface area contributed by atoms with Gasteiger partial charge in [0.1, 0.15) is 4.21 Å². The number of nitrogens with one attached hydrogen (secondary N) is 1. The number of hydroxylamine groups is 1. The van der Waals surface area contributed by atoms with Gasteiger partial charge in [0.25, 0.3) is 15.9 Å². The molecule has 1 aliphatic heterocycles. The summed E-state index contributed by atoms with van der Waals surface area (Å²) in [7, 11) is -3.56. The number of aryl methyl sites for hydroxylation is 1. The number of nitrogens with zero attached hydrogens (tertiary/aromatic N) is 2. The Morgan fingerprint density at radius 1 is 1.19 bits per heavy atom. The van der Waals surface area contributed by atoms with Crippen molar-refractivity contribution < 1.29 is 18.4 Å². The lowest BCUT2D eigenvalue weighted by atomic mass is 10.1. The molecule has 140 valence electrons. The largest absolute Gasteiger partial charge is 0.368 e. The number of benzene rings is 1. The van der Waals surface area contributed by atoms with Crippen molar-refractivity contribution in [2.24, 2.45) is 0 Å². The number of amides is 1. The average molecular weight is 416 g/mol. The lowest BCUT2D eigenvalue weighted by Gasteiger charge is -2.36. The van der Waals surface area contributed by atoms with E-state index in [2.05, 4.69) is 0 Å². The van der Waals surface area contributed by atoms with E-state index in [9.17, 15) is 13.2 Å². The molecule has 2 aromatic rings. The van der Waals surface area contributed by atoms with E-state index in [4.69, 9.17) is 16.8 Å². The Bertz CT molecular complexity index is 921. The summed E-state index contributed by atoms with van der Waals surface area (Å²) in [5.74, 6) is -0.591. The molecular weight excluding hydrogens is 398 g/mol. The van der Waals surface area contributed by atoms with E-state index >= 15 is 0 Å². The highest BCUT2D eigenvalue weighted by Crippen LogP contribution is 2.30. The summed E-state index contributed by atoms with van der Waals surface area (Å²) in [5.41, 5.74) is 3.57. The van der Waals surface area contributed by atoms with Crippen molar-refractivity contribution in [2.45, 2.75) is 11.1 Å². The smallest absolute Gasteiger partial charge is 0.276 e. The molecule has 0 saturated carbocycles. The molecule has 3 rings (SSSR count). The molecule has 1 fully saturated rings. The zero-order valence-corrected chi connectivity index (χ0v) is 16.4. The monoisotopic (exact) mass is 415 g/mol. The van der Waals surface area contributed by atoms with Crippen LogP contribution in [-0.2, 0) is 10.0 Å². The Balaban J connectivity index is 1.78. The molecule has 2 heterocycles. The van der Waals surface area contributed by atoms with Crippen molar-refractivity contribution >= 4 is 44.6 Å². The highest BCUT2D eigenvalue weighted by molar-refractivity contribution is 7.91. The second-order valence-electron chi connectivity index (χ2n) is 5.91. The molecule has 1 saturated heterocycles. The van der Waals surface area contributed by atoms with Crippen molar-refractivity contribution in [1.82, 2.24) is 9.79 Å². The number of sulfonamides is 1. The van der Waals surface area contributed by atoms with Gasteiger partial charge in [-0.25, -0.2) is 13.9 Å². The molecular formula is C16H18ClN3O4S2. The molecule has 2 N–H and O–H groups in total. The van der Waals surface area contributed by atoms with Crippen molar-refractivity contribution in [3.63, 3.8) is 0 Å². The van der Waals surface area contributed by atoms with Gasteiger partial charge in [-0.2, -0.15) is 4.31 Å². The minimum absolute atomic E-state index is 0.228. The maximum Gasteiger partial charge on any atom is 0.276 e. The molecule has 1 aliphatic rings. The van der Waals surface area contributed by atoms with Crippen LogP contribution in [0, 0.1) is 6.92 Å². The van der Waals surface area contributed by atoms with Gasteiger partial charge in [-0.3, -0.25) is 10.0 Å². The molecule has 1 aromatic heterocycles. The Kier molecular flexibility index (Phi) is 5.54. The topological polar surface area (TPSA) is 90.0 Å². The fourth-order valence-electron chi connectivity index (χ4n) is 2.90. The van der Waals surface area contributed by atoms with Crippen LogP contribution in [0.25, 0.3) is 0 Å². The van der Waals surface area contributed by atoms with Gasteiger partial charge >= 0.3 is 0 Å². The Hall–Kier alpha value is -1.65. The number of carbonyl (C=O) groups is 1. The number of carbonyl (C=O) groups excluding carboxylic acids is 1. The van der Waals surface area contributed by atoms with Crippen LogP contribution in [0.4, 0.5) is 5.69 Å². The fraction of sp³-hybridized carbons (Fsp3) is 0.312. The second kappa shape index (κ2) is 7.53. The van der Waals surface area contributed by atoms with Crippen LogP contribution in [0.15, 0.2) is 34.5 Å². The van der Waals surface area contributed by atoms with Crippen molar-refractivity contribution in [3.05, 3.63) is 45.8 Å². The first-order valence-corrected chi connectivity index (χ1v) is 10.5. The van der Waals surface area contributed by atoms with E-state index in [-0.39, 0.29) is 4.21 Å². The molecule has 7 nitrogen and oxygen atoms in total. The Morgan fingerprint density at radius 3 is 2.46 bits per heavy atom. The number of anilines is 1. The summed E-state index contributed by atoms with van der Waals surface area (Å²) in [6, 6.07) is 8.46. The minimum atomic E-state index is -3.56. The van der Waals surface area contributed by atoms with Crippen molar-refractivity contribution in [1.29, 1.82) is 0 Å². The lowest BCUT2D eigenvalue weighted by molar-refractivity contribution is 0.0706. The summed E-state index contributed by atoms with van der Waals surface area (Å²) < 4.78 is 27.4. The molecule has 0 spiro atoms. The third-order valence-electron chi connectivity index (χ3n) is 4.22. The Labute approximate surface area is 160 Å². The zero-order chi connectivity index (χ0) is 18.9. The van der Waals surface area contributed by atoms with Gasteiger partial charge in [-0.05, 0) is 31.2 Å². The minimum Gasteiger partial charge on any atom is -0.368 e. The van der Waals surface area contributed by atoms with E-state index in [1.54, 1.807) is 17.6 Å². The van der Waals surface area contributed by atoms with Crippen LogP contribution in [0.5, 0.6) is 0 Å². The number of hydrogen-bond donors (Lipinski definition) is 2. The van der Waals surface area contributed by atoms with Gasteiger partial charge in [-0.15, -0.1) is 11.3 Å². The van der Waals surface area contributed by atoms with Crippen molar-refractivity contribution in [2.75, 3.05) is 31.1 Å². The number of piperazine rings is 1. The van der Waals surface area contributed by atoms with Crippen LogP contribution in [-0.4, -0.2) is 50.0 Å². The van der Waals surface area contributed by atoms with Crippen LogP contribution >= 0.6 is 22.9 Å². The first kappa shape index (κ1) is 19.1. The quantitative estimate of drug-likeness (QED) is 0.591. The van der Waals surface area contributed by atoms with Crippen LogP contribution in [0.1, 0.15) is 15.9 Å². The maximum atomic E-state index is 12.7. The second-order valence-corrected chi connectivity index (χ2v) is 9.79. The van der Waals surface area contributed by atoms with E-state index in [1.165, 1.54) is 10.4 Å². The van der Waals surface area contributed by atoms with E-state index in [0.717, 1.165) is 16.9 Å². The highest BCUT2D eigenvalue weighted by atomic mass is 35.5. The van der Waals surface area contributed by atoms with Gasteiger partial charge in [0.05, 0.1) is 9.90 Å². The van der Waals surface area contributed by atoms with E-state index in [1.807, 2.05) is 24.0 Å². The SMILES string of the molecule is Cc1ccc(N2CCN(S(=O)(=O)c3ccc(Cl)s3)CC2)c(C(=O)NO)c1. The standard InChI is InChI=1S/C16H18ClN3O4S2/c1-11-2-3-13(12(10-11)16(21)18-22)19-6-8-20(9-7-19)26(23,24)15-5-4-14(17)25-15/h2-5,10,22H,6-9H2,1H3,(H,18,21). The molecule has 26 heavy (non-hydrogen) atoms. The highest BCUT2D eigenvalue weighted by Gasteiger charge is 2.30. The lowest BCUT2D eigenvalue weighted by Crippen LogP contribution is -2.49. The number of thiophene rings is 1. The van der Waals surface area contributed by atoms with Gasteiger partial charge in [0.2, 0.25) is 0 Å². The van der Waals surface area contributed by atoms with Crippen LogP contribution in [0.2, 0.25) is 4.34 Å². The molecule has 0 unspecified atom stereocenters. The van der Waals surface area contributed by atoms with Crippen molar-refractivity contribution in [3.8, 4) is 0 Å². The van der Waals surface area contributed by atoms with E-state index in [0.29, 0.717) is 41.8 Å². The van der Waals surface area contributed by atoms with Crippen LogP contribution in [0.3, 0.4) is 0 Å². The average Bonchev–Trinajstić information content (AvgIpc) is 3.08. The molecule has 0 radical (unpaired) electrons. The summed E-state index contributed by atoms with van der Waals surface area (Å²) in [5, 5.41) is 8.96. The summed E-state index contributed by atoms with van der Waals surface area (Å²) in [6.45, 7) is 3.33. The first-order valence-electron chi connectivity index (χ1n) is 7.88. The molecule has 1 amide bonds. The third kappa shape index (κ3) is 3.72. The van der Waals surface area contributed by atoms with Gasteiger partial charge < -0.3 is 4.90 Å². The van der Waals surface area contributed by atoms with E-state index < -0.39 is 15.9 Å². The number of halogens is 1. The predicted molar refractivity (Wildman–Crippen MR) is 101 cm³/mol. The molecule has 10 heteroatoms. The number of rotatable bonds is 4. The van der Waals surface area contributed by atoms with Gasteiger partial charge in [0.15, 0.2) is 0 Å². The summed E-state index contributed by atoms with van der Waals surface area (Å²) >= 11 is 6.89. The normalized spacial score (nSPS) is 15.9. The predicted octanol–water partition coefficient (Wildman–Crippen LogP) is 2.34. The summed E-state index contributed by atoms with van der Waals surface area (Å²) in [4.78, 5) is 13.9. The van der Waals surface area contributed by atoms with Crippen LogP contribution < -0.4 is 10.4 Å². The molecule has 0 bridgehead atoms. The van der Waals surface area contributed by atoms with Gasteiger partial charge in [-0.1, -0.05) is 23.2 Å². The first-order chi connectivity index (χ1) is 12.3. The molecule has 1 aromatic carbocycles. The maximum absolute atomic E-state index is 12.7. The van der Waals surface area contributed by atoms with Gasteiger partial charge in [0, 0.05) is 31.9 Å². The fourth-order valence-corrected chi connectivity index (χ4v) is 5.96. The third-order valence-corrected chi connectivity index (χ3v) is 7.82. The Morgan fingerprint density at radius 2 is 1.88 bits per heavy atom. The molecule has 0 atom stereocenters. The molecule has 0 aliphatic carbocycles. The zero-order valence-electron chi connectivity index (χ0n) is 14.0.